The van der Waals surface area contributed by atoms with Gasteiger partial charge in [-0.25, -0.2) is 9.50 Å². The lowest BCUT2D eigenvalue weighted by Crippen LogP contribution is -2.42. The zero-order valence-electron chi connectivity index (χ0n) is 20.9. The van der Waals surface area contributed by atoms with Gasteiger partial charge in [-0.1, -0.05) is 25.4 Å². The number of ether oxygens (including phenoxy) is 1. The lowest BCUT2D eigenvalue weighted by atomic mass is 10.0. The molecule has 0 spiro atoms. The van der Waals surface area contributed by atoms with E-state index in [1.54, 1.807) is 4.52 Å². The number of nitrogens with zero attached hydrogens (tertiary/aromatic N) is 4. The summed E-state index contributed by atoms with van der Waals surface area (Å²) in [7, 11) is 0. The fourth-order valence-corrected chi connectivity index (χ4v) is 6.19. The molecule has 6 rings (SSSR count). The number of nitrogens with one attached hydrogen (secondary N) is 1. The molecule has 2 aliphatic heterocycles. The number of halogens is 1. The number of imide groups is 1. The van der Waals surface area contributed by atoms with E-state index in [9.17, 15) is 9.59 Å². The summed E-state index contributed by atoms with van der Waals surface area (Å²) >= 11 is 6.48. The number of hydrogen-bond donors (Lipinski definition) is 1. The first kappa shape index (κ1) is 23.4. The van der Waals surface area contributed by atoms with Gasteiger partial charge in [0.2, 0.25) is 11.8 Å². The van der Waals surface area contributed by atoms with Crippen molar-refractivity contribution in [1.82, 2.24) is 24.8 Å². The molecule has 8 nitrogen and oxygen atoms in total. The number of piperidine rings is 2. The van der Waals surface area contributed by atoms with Gasteiger partial charge in [0.15, 0.2) is 0 Å². The molecule has 2 saturated heterocycles. The molecule has 2 amide bonds. The molecule has 188 valence electrons. The minimum Gasteiger partial charge on any atom is -0.488 e. The molecule has 1 aliphatic carbocycles. The minimum absolute atomic E-state index is 0.0582. The van der Waals surface area contributed by atoms with Gasteiger partial charge in [-0.2, -0.15) is 5.10 Å². The molecule has 1 saturated carbocycles. The van der Waals surface area contributed by atoms with Crippen LogP contribution in [-0.2, 0) is 16.1 Å². The summed E-state index contributed by atoms with van der Waals surface area (Å²) in [6, 6.07) is 6.21. The molecule has 1 aromatic carbocycles. The Kier molecular flexibility index (Phi) is 5.39. The Bertz CT molecular complexity index is 1370. The number of carbonyl (C=O) groups is 2. The summed E-state index contributed by atoms with van der Waals surface area (Å²) in [5.41, 5.74) is 3.80. The van der Waals surface area contributed by atoms with Gasteiger partial charge in [-0.15, -0.1) is 0 Å². The SMILES string of the molecule is Cc1cc(Cl)cc(-c2ncnn3cc(CN4C(=O)C5C(C4=O)C5(C)C)cc23)c1O[C@@H]1CC[C@@H](C)NC1. The molecule has 2 unspecified atom stereocenters. The van der Waals surface area contributed by atoms with Gasteiger partial charge < -0.3 is 10.1 Å². The highest BCUT2D eigenvalue weighted by atomic mass is 35.5. The predicted molar refractivity (Wildman–Crippen MR) is 136 cm³/mol. The first-order valence-electron chi connectivity index (χ1n) is 12.5. The van der Waals surface area contributed by atoms with Crippen molar-refractivity contribution < 1.29 is 14.3 Å². The Hall–Kier alpha value is -2.97. The van der Waals surface area contributed by atoms with Crippen LogP contribution in [0.25, 0.3) is 16.8 Å². The lowest BCUT2D eigenvalue weighted by molar-refractivity contribution is -0.143. The maximum Gasteiger partial charge on any atom is 0.233 e. The molecule has 4 atom stereocenters. The number of aromatic nitrogens is 3. The standard InChI is InChI=1S/C27H30ClN5O3/c1-14-7-17(28)9-19(24(14)36-18-6-5-15(2)29-10-18)23-20-8-16(12-33(20)31-13-30-23)11-32-25(34)21-22(26(32)35)27(21,3)4/h7-9,12-13,15,18,21-22,29H,5-6,10-11H2,1-4H3/t15-,18-,21?,22?/m1/s1. The van der Waals surface area contributed by atoms with E-state index in [1.807, 2.05) is 45.2 Å². The van der Waals surface area contributed by atoms with Crippen molar-refractivity contribution in [3.8, 4) is 17.0 Å². The zero-order chi connectivity index (χ0) is 25.4. The average molecular weight is 508 g/mol. The Morgan fingerprint density at radius 3 is 2.61 bits per heavy atom. The summed E-state index contributed by atoms with van der Waals surface area (Å²) in [4.78, 5) is 31.7. The van der Waals surface area contributed by atoms with Crippen molar-refractivity contribution in [2.75, 3.05) is 6.54 Å². The van der Waals surface area contributed by atoms with Crippen molar-refractivity contribution in [2.45, 2.75) is 59.2 Å². The Morgan fingerprint density at radius 2 is 1.92 bits per heavy atom. The molecular weight excluding hydrogens is 478 g/mol. The number of likely N-dealkylation sites (tertiary alicyclic amines) is 1. The van der Waals surface area contributed by atoms with E-state index in [1.165, 1.54) is 11.2 Å². The number of amides is 2. The van der Waals surface area contributed by atoms with Crippen LogP contribution >= 0.6 is 11.6 Å². The third kappa shape index (κ3) is 3.69. The van der Waals surface area contributed by atoms with Crippen molar-refractivity contribution in [3.63, 3.8) is 0 Å². The zero-order valence-corrected chi connectivity index (χ0v) is 21.7. The highest BCUT2D eigenvalue weighted by Gasteiger charge is 2.72. The maximum atomic E-state index is 12.8. The normalized spacial score (nSPS) is 27.0. The molecule has 3 fully saturated rings. The van der Waals surface area contributed by atoms with Gasteiger partial charge in [-0.05, 0) is 61.4 Å². The molecule has 3 aromatic rings. The van der Waals surface area contributed by atoms with Crippen LogP contribution in [0.5, 0.6) is 5.75 Å². The van der Waals surface area contributed by atoms with Crippen molar-refractivity contribution in [1.29, 1.82) is 0 Å². The van der Waals surface area contributed by atoms with Crippen LogP contribution in [0.3, 0.4) is 0 Å². The summed E-state index contributed by atoms with van der Waals surface area (Å²) in [6.07, 6.45) is 5.43. The first-order valence-corrected chi connectivity index (χ1v) is 12.9. The van der Waals surface area contributed by atoms with E-state index in [2.05, 4.69) is 22.3 Å². The monoisotopic (exact) mass is 507 g/mol. The second kappa shape index (κ2) is 8.28. The van der Waals surface area contributed by atoms with Crippen LogP contribution in [0.2, 0.25) is 5.02 Å². The average Bonchev–Trinajstić information content (AvgIpc) is 3.08. The molecule has 0 radical (unpaired) electrons. The van der Waals surface area contributed by atoms with E-state index < -0.39 is 0 Å². The van der Waals surface area contributed by atoms with Gasteiger partial charge in [0.1, 0.15) is 23.9 Å². The fraction of sp³-hybridized carbons (Fsp3) is 0.481. The third-order valence-electron chi connectivity index (χ3n) is 8.09. The molecule has 4 heterocycles. The van der Waals surface area contributed by atoms with E-state index in [0.717, 1.165) is 47.3 Å². The summed E-state index contributed by atoms with van der Waals surface area (Å²) in [5.74, 6) is 0.227. The maximum absolute atomic E-state index is 12.8. The summed E-state index contributed by atoms with van der Waals surface area (Å²) in [5, 5.41) is 8.47. The second-order valence-electron chi connectivity index (χ2n) is 11.1. The van der Waals surface area contributed by atoms with E-state index in [0.29, 0.717) is 16.8 Å². The predicted octanol–water partition coefficient (Wildman–Crippen LogP) is 4.02. The molecule has 9 heteroatoms. The number of carbonyl (C=O) groups excluding carboxylic acids is 2. The van der Waals surface area contributed by atoms with E-state index in [4.69, 9.17) is 16.3 Å². The molecule has 2 aromatic heterocycles. The van der Waals surface area contributed by atoms with Crippen LogP contribution in [0.4, 0.5) is 0 Å². The number of benzene rings is 1. The van der Waals surface area contributed by atoms with Crippen LogP contribution < -0.4 is 10.1 Å². The van der Waals surface area contributed by atoms with Gasteiger partial charge in [0, 0.05) is 29.4 Å². The topological polar surface area (TPSA) is 88.8 Å². The highest BCUT2D eigenvalue weighted by Crippen LogP contribution is 2.63. The molecule has 0 bridgehead atoms. The first-order chi connectivity index (χ1) is 17.1. The number of aryl methyl sites for hydroxylation is 1. The Labute approximate surface area is 215 Å². The molecule has 3 aliphatic rings. The lowest BCUT2D eigenvalue weighted by Gasteiger charge is -2.29. The summed E-state index contributed by atoms with van der Waals surface area (Å²) in [6.45, 7) is 9.16. The largest absolute Gasteiger partial charge is 0.488 e. The van der Waals surface area contributed by atoms with Gasteiger partial charge in [0.25, 0.3) is 0 Å². The quantitative estimate of drug-likeness (QED) is 0.525. The van der Waals surface area contributed by atoms with Gasteiger partial charge in [0.05, 0.1) is 23.9 Å². The van der Waals surface area contributed by atoms with E-state index in [-0.39, 0.29) is 41.7 Å². The van der Waals surface area contributed by atoms with Crippen molar-refractivity contribution in [2.24, 2.45) is 17.3 Å². The Morgan fingerprint density at radius 1 is 1.17 bits per heavy atom. The van der Waals surface area contributed by atoms with Crippen molar-refractivity contribution >= 4 is 28.9 Å². The highest BCUT2D eigenvalue weighted by molar-refractivity contribution is 6.31. The fourth-order valence-electron chi connectivity index (χ4n) is 5.92. The number of fused-ring (bicyclic) bond motifs is 2. The van der Waals surface area contributed by atoms with Gasteiger partial charge >= 0.3 is 0 Å². The van der Waals surface area contributed by atoms with Crippen molar-refractivity contribution in [3.05, 3.63) is 46.9 Å². The van der Waals surface area contributed by atoms with Gasteiger partial charge in [-0.3, -0.25) is 14.5 Å². The van der Waals surface area contributed by atoms with Crippen LogP contribution in [-0.4, -0.2) is 50.0 Å². The van der Waals surface area contributed by atoms with Crippen LogP contribution in [0.1, 0.15) is 44.7 Å². The molecule has 1 N–H and O–H groups in total. The number of hydrogen-bond acceptors (Lipinski definition) is 6. The minimum atomic E-state index is -0.221. The van der Waals surface area contributed by atoms with Crippen LogP contribution in [0.15, 0.2) is 30.7 Å². The Balaban J connectivity index is 1.34. The van der Waals surface area contributed by atoms with E-state index >= 15 is 0 Å². The second-order valence-corrected chi connectivity index (χ2v) is 11.5. The molecular formula is C27H30ClN5O3. The number of rotatable bonds is 5. The molecule has 36 heavy (non-hydrogen) atoms. The smallest absolute Gasteiger partial charge is 0.233 e. The van der Waals surface area contributed by atoms with Crippen LogP contribution in [0, 0.1) is 24.2 Å². The third-order valence-corrected chi connectivity index (χ3v) is 8.31. The summed E-state index contributed by atoms with van der Waals surface area (Å²) < 4.78 is 8.25.